The molecule has 18 heavy (non-hydrogen) atoms. The molecule has 1 amide bonds. The van der Waals surface area contributed by atoms with Gasteiger partial charge >= 0.3 is 5.97 Å². The summed E-state index contributed by atoms with van der Waals surface area (Å²) in [4.78, 5) is 25.3. The standard InChI is InChI=1S/C13H19NO4/c15-12(14-6-3-8-18-9-7-14)10-4-1-2-5-11(10)13(16)17/h1-2,10-11H,3-9H2,(H,16,17). The van der Waals surface area contributed by atoms with Crippen LogP contribution in [0.1, 0.15) is 19.3 Å². The van der Waals surface area contributed by atoms with E-state index in [1.165, 1.54) is 0 Å². The Morgan fingerprint density at radius 3 is 2.56 bits per heavy atom. The van der Waals surface area contributed by atoms with Gasteiger partial charge in [-0.1, -0.05) is 12.2 Å². The first-order chi connectivity index (χ1) is 8.70. The Balaban J connectivity index is 2.05. The number of carboxylic acids is 1. The number of hydrogen-bond donors (Lipinski definition) is 1. The molecule has 0 aromatic rings. The predicted molar refractivity (Wildman–Crippen MR) is 65.0 cm³/mol. The summed E-state index contributed by atoms with van der Waals surface area (Å²) in [5.74, 6) is -1.89. The van der Waals surface area contributed by atoms with Crippen LogP contribution in [0.5, 0.6) is 0 Å². The van der Waals surface area contributed by atoms with Crippen molar-refractivity contribution < 1.29 is 19.4 Å². The number of hydrogen-bond acceptors (Lipinski definition) is 3. The first-order valence-electron chi connectivity index (χ1n) is 6.44. The topological polar surface area (TPSA) is 66.8 Å². The fourth-order valence-corrected chi connectivity index (χ4v) is 2.56. The van der Waals surface area contributed by atoms with Crippen LogP contribution >= 0.6 is 0 Å². The summed E-state index contributed by atoms with van der Waals surface area (Å²) < 4.78 is 5.31. The molecule has 2 aliphatic rings. The lowest BCUT2D eigenvalue weighted by molar-refractivity contribution is -0.150. The van der Waals surface area contributed by atoms with Crippen molar-refractivity contribution in [2.45, 2.75) is 19.3 Å². The first-order valence-corrected chi connectivity index (χ1v) is 6.44. The summed E-state index contributed by atoms with van der Waals surface area (Å²) in [7, 11) is 0. The Morgan fingerprint density at radius 2 is 1.83 bits per heavy atom. The van der Waals surface area contributed by atoms with Gasteiger partial charge in [0.1, 0.15) is 0 Å². The summed E-state index contributed by atoms with van der Waals surface area (Å²) in [6.07, 6.45) is 5.58. The zero-order chi connectivity index (χ0) is 13.0. The minimum absolute atomic E-state index is 0.0303. The normalized spacial score (nSPS) is 28.8. The van der Waals surface area contributed by atoms with E-state index in [-0.39, 0.29) is 5.91 Å². The molecule has 2 rings (SSSR count). The predicted octanol–water partition coefficient (Wildman–Crippen LogP) is 0.902. The Labute approximate surface area is 106 Å². The van der Waals surface area contributed by atoms with Gasteiger partial charge in [-0.15, -0.1) is 0 Å². The van der Waals surface area contributed by atoms with Crippen molar-refractivity contribution in [2.75, 3.05) is 26.3 Å². The SMILES string of the molecule is O=C(O)C1CC=CCC1C(=O)N1CCCOCC1. The van der Waals surface area contributed by atoms with Crippen LogP contribution in [-0.4, -0.2) is 48.2 Å². The molecule has 0 aromatic heterocycles. The molecule has 5 nitrogen and oxygen atoms in total. The highest BCUT2D eigenvalue weighted by Crippen LogP contribution is 2.28. The zero-order valence-electron chi connectivity index (χ0n) is 10.4. The number of carbonyl (C=O) groups excluding carboxylic acids is 1. The van der Waals surface area contributed by atoms with Crippen LogP contribution in [0.3, 0.4) is 0 Å². The highest BCUT2D eigenvalue weighted by Gasteiger charge is 2.36. The second kappa shape index (κ2) is 6.00. The molecular formula is C13H19NO4. The van der Waals surface area contributed by atoms with E-state index >= 15 is 0 Å². The highest BCUT2D eigenvalue weighted by molar-refractivity contribution is 5.85. The fourth-order valence-electron chi connectivity index (χ4n) is 2.56. The van der Waals surface area contributed by atoms with Crippen LogP contribution in [0.2, 0.25) is 0 Å². The summed E-state index contributed by atoms with van der Waals surface area (Å²) in [5, 5.41) is 9.18. The van der Waals surface area contributed by atoms with Crippen molar-refractivity contribution in [1.29, 1.82) is 0 Å². The van der Waals surface area contributed by atoms with Gasteiger partial charge in [-0.05, 0) is 19.3 Å². The maximum atomic E-state index is 12.4. The summed E-state index contributed by atoms with van der Waals surface area (Å²) in [6.45, 7) is 2.47. The molecule has 1 heterocycles. The minimum atomic E-state index is -0.872. The highest BCUT2D eigenvalue weighted by atomic mass is 16.5. The average Bonchev–Trinajstić information content (AvgIpc) is 2.66. The molecule has 1 fully saturated rings. The molecule has 0 aromatic carbocycles. The van der Waals surface area contributed by atoms with Crippen molar-refractivity contribution >= 4 is 11.9 Å². The monoisotopic (exact) mass is 253 g/mol. The molecule has 1 aliphatic carbocycles. The molecule has 0 bridgehead atoms. The number of carbonyl (C=O) groups is 2. The van der Waals surface area contributed by atoms with E-state index in [9.17, 15) is 14.7 Å². The number of carboxylic acid groups (broad SMARTS) is 1. The molecule has 0 saturated carbocycles. The van der Waals surface area contributed by atoms with Gasteiger partial charge in [-0.3, -0.25) is 9.59 Å². The molecule has 0 radical (unpaired) electrons. The zero-order valence-corrected chi connectivity index (χ0v) is 10.4. The Hall–Kier alpha value is -1.36. The average molecular weight is 253 g/mol. The van der Waals surface area contributed by atoms with Gasteiger partial charge in [0, 0.05) is 19.7 Å². The van der Waals surface area contributed by atoms with Crippen molar-refractivity contribution in [2.24, 2.45) is 11.8 Å². The number of amides is 1. The summed E-state index contributed by atoms with van der Waals surface area (Å²) in [6, 6.07) is 0. The Morgan fingerprint density at radius 1 is 1.11 bits per heavy atom. The van der Waals surface area contributed by atoms with E-state index in [1.54, 1.807) is 4.90 Å². The van der Waals surface area contributed by atoms with Crippen LogP contribution in [-0.2, 0) is 14.3 Å². The van der Waals surface area contributed by atoms with Gasteiger partial charge in [-0.2, -0.15) is 0 Å². The molecule has 1 saturated heterocycles. The number of ether oxygens (including phenoxy) is 1. The van der Waals surface area contributed by atoms with Crippen molar-refractivity contribution in [3.8, 4) is 0 Å². The lowest BCUT2D eigenvalue weighted by Crippen LogP contribution is -2.42. The first kappa shape index (κ1) is 13.1. The second-order valence-corrected chi connectivity index (χ2v) is 4.79. The van der Waals surface area contributed by atoms with Gasteiger partial charge < -0.3 is 14.7 Å². The third-order valence-electron chi connectivity index (χ3n) is 3.60. The fraction of sp³-hybridized carbons (Fsp3) is 0.692. The molecule has 0 spiro atoms. The number of allylic oxidation sites excluding steroid dienone is 2. The van der Waals surface area contributed by atoms with Crippen LogP contribution in [0.15, 0.2) is 12.2 Å². The molecular weight excluding hydrogens is 234 g/mol. The van der Waals surface area contributed by atoms with Gasteiger partial charge in [0.2, 0.25) is 5.91 Å². The number of rotatable bonds is 2. The van der Waals surface area contributed by atoms with Gasteiger partial charge in [0.15, 0.2) is 0 Å². The molecule has 5 heteroatoms. The van der Waals surface area contributed by atoms with E-state index in [0.717, 1.165) is 6.42 Å². The van der Waals surface area contributed by atoms with E-state index in [4.69, 9.17) is 4.74 Å². The van der Waals surface area contributed by atoms with Crippen LogP contribution in [0.25, 0.3) is 0 Å². The molecule has 2 atom stereocenters. The van der Waals surface area contributed by atoms with E-state index < -0.39 is 17.8 Å². The van der Waals surface area contributed by atoms with Gasteiger partial charge in [0.05, 0.1) is 18.4 Å². The lowest BCUT2D eigenvalue weighted by Gasteiger charge is -2.30. The minimum Gasteiger partial charge on any atom is -0.481 e. The molecule has 1 N–H and O–H groups in total. The van der Waals surface area contributed by atoms with Crippen molar-refractivity contribution in [3.05, 3.63) is 12.2 Å². The smallest absolute Gasteiger partial charge is 0.307 e. The molecule has 2 unspecified atom stereocenters. The maximum Gasteiger partial charge on any atom is 0.307 e. The van der Waals surface area contributed by atoms with Gasteiger partial charge in [0.25, 0.3) is 0 Å². The maximum absolute atomic E-state index is 12.4. The third kappa shape index (κ3) is 2.90. The Bertz CT molecular complexity index is 345. The van der Waals surface area contributed by atoms with Gasteiger partial charge in [-0.25, -0.2) is 0 Å². The number of aliphatic carboxylic acids is 1. The van der Waals surface area contributed by atoms with E-state index in [1.807, 2.05) is 12.2 Å². The summed E-state index contributed by atoms with van der Waals surface area (Å²) >= 11 is 0. The van der Waals surface area contributed by atoms with Crippen LogP contribution in [0.4, 0.5) is 0 Å². The third-order valence-corrected chi connectivity index (χ3v) is 3.60. The van der Waals surface area contributed by atoms with E-state index in [2.05, 4.69) is 0 Å². The lowest BCUT2D eigenvalue weighted by atomic mass is 9.82. The van der Waals surface area contributed by atoms with E-state index in [0.29, 0.717) is 39.1 Å². The number of nitrogens with zero attached hydrogens (tertiary/aromatic N) is 1. The largest absolute Gasteiger partial charge is 0.481 e. The van der Waals surface area contributed by atoms with Crippen molar-refractivity contribution in [3.63, 3.8) is 0 Å². The van der Waals surface area contributed by atoms with Crippen molar-refractivity contribution in [1.82, 2.24) is 4.90 Å². The molecule has 100 valence electrons. The Kier molecular flexibility index (Phi) is 4.36. The quantitative estimate of drug-likeness (QED) is 0.743. The second-order valence-electron chi connectivity index (χ2n) is 4.79. The van der Waals surface area contributed by atoms with Crippen LogP contribution < -0.4 is 0 Å². The summed E-state index contributed by atoms with van der Waals surface area (Å²) in [5.41, 5.74) is 0. The van der Waals surface area contributed by atoms with Crippen LogP contribution in [0, 0.1) is 11.8 Å². The molecule has 1 aliphatic heterocycles.